The van der Waals surface area contributed by atoms with E-state index in [0.29, 0.717) is 49.3 Å². The van der Waals surface area contributed by atoms with Crippen molar-refractivity contribution in [3.63, 3.8) is 0 Å². The number of rotatable bonds is 10. The van der Waals surface area contributed by atoms with E-state index in [1.807, 2.05) is 0 Å². The number of fused-ring (bicyclic) bond motifs is 1. The number of aliphatic hydroxyl groups is 2. The minimum atomic E-state index is -1.39. The summed E-state index contributed by atoms with van der Waals surface area (Å²) in [4.78, 5) is 39.9. The minimum Gasteiger partial charge on any atom is -0.410 e. The van der Waals surface area contributed by atoms with Crippen molar-refractivity contribution in [1.82, 2.24) is 29.7 Å². The largest absolute Gasteiger partial charge is 0.415 e. The van der Waals surface area contributed by atoms with Gasteiger partial charge in [-0.2, -0.15) is 0 Å². The normalized spacial score (nSPS) is 17.5. The molecular weight excluding hydrogens is 525 g/mol. The number of carbonyl (C=O) groups excluding carboxylic acids is 2. The Morgan fingerprint density at radius 2 is 1.88 bits per heavy atom. The van der Waals surface area contributed by atoms with Crippen LogP contribution in [-0.2, 0) is 22.7 Å². The van der Waals surface area contributed by atoms with E-state index in [0.717, 1.165) is 12.8 Å². The average Bonchev–Trinajstić information content (AvgIpc) is 3.67. The fourth-order valence-corrected chi connectivity index (χ4v) is 4.57. The standard InChI is InChI=1S/C26H32FN7O6/c27-16-1-5-18(6-2-16)40-26(38)33-9-7-15(8-10-33)11-20-31-23(28)21-24(32-20)34(13-29-21)14-39-22(19(36)12-35)25(37)30-17-3-4-17/h1-2,5-6,13,15,17,19,22,35-36H,3-4,7-12,14H2,(H,30,37)(H2,28,31,32)/t19?,22-/m0/s1. The summed E-state index contributed by atoms with van der Waals surface area (Å²) in [5, 5.41) is 22.3. The van der Waals surface area contributed by atoms with Gasteiger partial charge in [-0.25, -0.2) is 24.1 Å². The second-order valence-corrected chi connectivity index (χ2v) is 10.1. The van der Waals surface area contributed by atoms with Gasteiger partial charge in [0.05, 0.1) is 12.9 Å². The average molecular weight is 558 g/mol. The Morgan fingerprint density at radius 1 is 1.15 bits per heavy atom. The van der Waals surface area contributed by atoms with Crippen LogP contribution in [0.15, 0.2) is 30.6 Å². The fraction of sp³-hybridized carbons (Fsp3) is 0.500. The summed E-state index contributed by atoms with van der Waals surface area (Å²) in [6.07, 6.45) is 2.03. The van der Waals surface area contributed by atoms with Gasteiger partial charge < -0.3 is 35.6 Å². The molecule has 1 saturated carbocycles. The van der Waals surface area contributed by atoms with Crippen LogP contribution in [0.3, 0.4) is 0 Å². The van der Waals surface area contributed by atoms with Gasteiger partial charge in [0, 0.05) is 25.6 Å². The second-order valence-electron chi connectivity index (χ2n) is 10.1. The van der Waals surface area contributed by atoms with Gasteiger partial charge in [0.15, 0.2) is 17.6 Å². The number of anilines is 1. The zero-order chi connectivity index (χ0) is 28.2. The van der Waals surface area contributed by atoms with Gasteiger partial charge in [-0.3, -0.25) is 9.36 Å². The van der Waals surface area contributed by atoms with E-state index in [9.17, 15) is 24.2 Å². The summed E-state index contributed by atoms with van der Waals surface area (Å²) < 4.78 is 25.7. The Bertz CT molecular complexity index is 1340. The van der Waals surface area contributed by atoms with Crippen LogP contribution in [0.2, 0.25) is 0 Å². The number of nitrogens with zero attached hydrogens (tertiary/aromatic N) is 5. The first kappa shape index (κ1) is 27.7. The lowest BCUT2D eigenvalue weighted by atomic mass is 9.93. The van der Waals surface area contributed by atoms with Crippen LogP contribution in [0.1, 0.15) is 31.5 Å². The molecule has 3 aromatic rings. The molecule has 3 heterocycles. The summed E-state index contributed by atoms with van der Waals surface area (Å²) in [7, 11) is 0. The Morgan fingerprint density at radius 3 is 2.55 bits per heavy atom. The maximum atomic E-state index is 13.1. The third-order valence-electron chi connectivity index (χ3n) is 7.01. The lowest BCUT2D eigenvalue weighted by Gasteiger charge is -2.31. The van der Waals surface area contributed by atoms with Crippen LogP contribution >= 0.6 is 0 Å². The highest BCUT2D eigenvalue weighted by Gasteiger charge is 2.32. The maximum absolute atomic E-state index is 13.1. The molecule has 14 heteroatoms. The van der Waals surface area contributed by atoms with E-state index < -0.39 is 36.6 Å². The first-order chi connectivity index (χ1) is 19.3. The molecule has 0 spiro atoms. The van der Waals surface area contributed by atoms with E-state index in [1.165, 1.54) is 30.6 Å². The van der Waals surface area contributed by atoms with Gasteiger partial charge in [0.2, 0.25) is 0 Å². The van der Waals surface area contributed by atoms with Gasteiger partial charge in [-0.15, -0.1) is 0 Å². The van der Waals surface area contributed by atoms with Gasteiger partial charge in [-0.1, -0.05) is 0 Å². The fourth-order valence-electron chi connectivity index (χ4n) is 4.57. The number of carbonyl (C=O) groups is 2. The number of aliphatic hydroxyl groups excluding tert-OH is 2. The molecule has 2 aliphatic rings. The first-order valence-corrected chi connectivity index (χ1v) is 13.2. The van der Waals surface area contributed by atoms with Gasteiger partial charge in [0.1, 0.15) is 35.7 Å². The lowest BCUT2D eigenvalue weighted by Crippen LogP contribution is -2.46. The number of nitrogens with one attached hydrogen (secondary N) is 1. The summed E-state index contributed by atoms with van der Waals surface area (Å²) in [5.74, 6) is 0.311. The molecule has 5 rings (SSSR count). The monoisotopic (exact) mass is 557 g/mol. The van der Waals surface area contributed by atoms with Gasteiger partial charge in [0.25, 0.3) is 5.91 Å². The minimum absolute atomic E-state index is 0.0704. The number of hydrogen-bond acceptors (Lipinski definition) is 10. The molecule has 1 saturated heterocycles. The molecule has 5 N–H and O–H groups in total. The van der Waals surface area contributed by atoms with E-state index >= 15 is 0 Å². The quantitative estimate of drug-likeness (QED) is 0.281. The maximum Gasteiger partial charge on any atom is 0.415 e. The zero-order valence-electron chi connectivity index (χ0n) is 21.8. The van der Waals surface area contributed by atoms with Crippen molar-refractivity contribution in [3.05, 3.63) is 42.2 Å². The van der Waals surface area contributed by atoms with Crippen LogP contribution < -0.4 is 15.8 Å². The predicted molar refractivity (Wildman–Crippen MR) is 139 cm³/mol. The highest BCUT2D eigenvalue weighted by Crippen LogP contribution is 2.24. The number of benzene rings is 1. The smallest absolute Gasteiger partial charge is 0.410 e. The van der Waals surface area contributed by atoms with Crippen molar-refractivity contribution >= 4 is 29.0 Å². The van der Waals surface area contributed by atoms with E-state index in [2.05, 4.69) is 20.3 Å². The molecule has 13 nitrogen and oxygen atoms in total. The molecule has 2 amide bonds. The molecule has 2 aromatic heterocycles. The SMILES string of the molecule is Nc1nc(CC2CCN(C(=O)Oc3ccc(F)cc3)CC2)nc2c1ncn2CO[C@H](C(=O)NC1CC1)C(O)CO. The van der Waals surface area contributed by atoms with Crippen LogP contribution in [0.4, 0.5) is 15.0 Å². The Hall–Kier alpha value is -3.88. The van der Waals surface area contributed by atoms with Crippen LogP contribution in [-0.4, -0.2) is 84.6 Å². The van der Waals surface area contributed by atoms with Crippen molar-refractivity contribution in [2.45, 2.75) is 57.1 Å². The number of ether oxygens (including phenoxy) is 2. The van der Waals surface area contributed by atoms with Crippen molar-refractivity contribution in [2.24, 2.45) is 5.92 Å². The van der Waals surface area contributed by atoms with Crippen LogP contribution in [0, 0.1) is 11.7 Å². The molecule has 0 bridgehead atoms. The summed E-state index contributed by atoms with van der Waals surface area (Å²) in [6.45, 7) is 0.202. The Labute approximate surface area is 229 Å². The number of nitrogen functional groups attached to an aromatic ring is 1. The molecule has 214 valence electrons. The Balaban J connectivity index is 1.19. The van der Waals surface area contributed by atoms with Gasteiger partial charge >= 0.3 is 6.09 Å². The van der Waals surface area contributed by atoms with Crippen LogP contribution in [0.25, 0.3) is 11.2 Å². The van der Waals surface area contributed by atoms with E-state index in [1.54, 1.807) is 9.47 Å². The van der Waals surface area contributed by atoms with Crippen molar-refractivity contribution in [3.8, 4) is 5.75 Å². The number of nitrogens with two attached hydrogens (primary N) is 1. The molecule has 2 atom stereocenters. The van der Waals surface area contributed by atoms with Crippen molar-refractivity contribution < 1.29 is 33.7 Å². The number of halogens is 1. The number of aromatic nitrogens is 4. The van der Waals surface area contributed by atoms with Gasteiger partial charge in [-0.05, 0) is 55.9 Å². The van der Waals surface area contributed by atoms with E-state index in [-0.39, 0.29) is 30.3 Å². The zero-order valence-corrected chi connectivity index (χ0v) is 21.8. The number of piperidine rings is 1. The first-order valence-electron chi connectivity index (χ1n) is 13.2. The molecular formula is C26H32FN7O6. The highest BCUT2D eigenvalue weighted by atomic mass is 19.1. The molecule has 40 heavy (non-hydrogen) atoms. The van der Waals surface area contributed by atoms with Crippen molar-refractivity contribution in [1.29, 1.82) is 0 Å². The number of likely N-dealkylation sites (tertiary alicyclic amines) is 1. The molecule has 2 fully saturated rings. The summed E-state index contributed by atoms with van der Waals surface area (Å²) in [5.41, 5.74) is 6.96. The highest BCUT2D eigenvalue weighted by molar-refractivity contribution is 5.82. The van der Waals surface area contributed by atoms with Crippen LogP contribution in [0.5, 0.6) is 5.75 Å². The topological polar surface area (TPSA) is 178 Å². The number of imidazole rings is 1. The lowest BCUT2D eigenvalue weighted by molar-refractivity contribution is -0.147. The summed E-state index contributed by atoms with van der Waals surface area (Å²) >= 11 is 0. The third kappa shape index (κ3) is 6.63. The molecule has 1 aliphatic heterocycles. The van der Waals surface area contributed by atoms with E-state index in [4.69, 9.17) is 15.2 Å². The third-order valence-corrected chi connectivity index (χ3v) is 7.01. The molecule has 0 radical (unpaired) electrons. The van der Waals surface area contributed by atoms with Crippen molar-refractivity contribution in [2.75, 3.05) is 25.4 Å². The number of amides is 2. The Kier molecular flexibility index (Phi) is 8.38. The second kappa shape index (κ2) is 12.1. The molecule has 1 unspecified atom stereocenters. The predicted octanol–water partition coefficient (Wildman–Crippen LogP) is 0.976. The summed E-state index contributed by atoms with van der Waals surface area (Å²) in [6, 6.07) is 5.36. The molecule has 1 aliphatic carbocycles. The number of hydrogen-bond donors (Lipinski definition) is 4. The molecule has 1 aromatic carbocycles.